The minimum absolute atomic E-state index is 0.179. The predicted octanol–water partition coefficient (Wildman–Crippen LogP) is 0.899. The first kappa shape index (κ1) is 13.6. The summed E-state index contributed by atoms with van der Waals surface area (Å²) in [6, 6.07) is 1.23. The van der Waals surface area contributed by atoms with E-state index < -0.39 is 5.60 Å². The van der Waals surface area contributed by atoms with E-state index in [1.165, 1.54) is 0 Å². The Kier molecular flexibility index (Phi) is 3.82. The first-order valence-electron chi connectivity index (χ1n) is 6.82. The summed E-state index contributed by atoms with van der Waals surface area (Å²) in [4.78, 5) is 16.2. The Labute approximate surface area is 109 Å². The largest absolute Gasteiger partial charge is 0.444 e. The van der Waals surface area contributed by atoms with Crippen LogP contribution in [0.1, 0.15) is 27.7 Å². The second-order valence-corrected chi connectivity index (χ2v) is 6.27. The summed E-state index contributed by atoms with van der Waals surface area (Å²) in [7, 11) is 0. The van der Waals surface area contributed by atoms with Crippen molar-refractivity contribution < 1.29 is 9.53 Å². The van der Waals surface area contributed by atoms with Gasteiger partial charge in [0, 0.05) is 44.8 Å². The van der Waals surface area contributed by atoms with Crippen LogP contribution in [-0.4, -0.2) is 66.3 Å². The molecule has 1 amide bonds. The van der Waals surface area contributed by atoms with E-state index >= 15 is 0 Å². The molecule has 2 saturated heterocycles. The highest BCUT2D eigenvalue weighted by Gasteiger charge is 2.34. The molecule has 2 atom stereocenters. The molecule has 0 saturated carbocycles. The number of piperazine rings is 1. The van der Waals surface area contributed by atoms with Crippen LogP contribution in [0, 0.1) is 0 Å². The molecular weight excluding hydrogens is 230 g/mol. The van der Waals surface area contributed by atoms with Crippen molar-refractivity contribution in [3.05, 3.63) is 0 Å². The third-order valence-electron chi connectivity index (χ3n) is 3.66. The van der Waals surface area contributed by atoms with Crippen molar-refractivity contribution in [2.45, 2.75) is 45.4 Å². The van der Waals surface area contributed by atoms with Gasteiger partial charge >= 0.3 is 6.09 Å². The SMILES string of the molecule is C[C@H]1NC[C@H]1N1CCN(C(=O)OC(C)(C)C)CC1. The van der Waals surface area contributed by atoms with Crippen LogP contribution in [-0.2, 0) is 4.74 Å². The highest BCUT2D eigenvalue weighted by molar-refractivity contribution is 5.68. The Hall–Kier alpha value is -0.810. The van der Waals surface area contributed by atoms with Crippen LogP contribution in [0.15, 0.2) is 0 Å². The fourth-order valence-electron chi connectivity index (χ4n) is 2.47. The van der Waals surface area contributed by atoms with Gasteiger partial charge in [0.15, 0.2) is 0 Å². The molecule has 0 unspecified atom stereocenters. The number of rotatable bonds is 1. The quantitative estimate of drug-likeness (QED) is 0.756. The minimum atomic E-state index is -0.402. The molecule has 0 radical (unpaired) electrons. The monoisotopic (exact) mass is 255 g/mol. The van der Waals surface area contributed by atoms with E-state index in [1.807, 2.05) is 25.7 Å². The number of hydrogen-bond donors (Lipinski definition) is 1. The fourth-order valence-corrected chi connectivity index (χ4v) is 2.47. The van der Waals surface area contributed by atoms with Crippen molar-refractivity contribution in [2.75, 3.05) is 32.7 Å². The Morgan fingerprint density at radius 1 is 1.22 bits per heavy atom. The van der Waals surface area contributed by atoms with Gasteiger partial charge < -0.3 is 15.0 Å². The summed E-state index contributed by atoms with van der Waals surface area (Å²) in [5.74, 6) is 0. The molecule has 18 heavy (non-hydrogen) atoms. The molecule has 0 aromatic heterocycles. The minimum Gasteiger partial charge on any atom is -0.444 e. The van der Waals surface area contributed by atoms with E-state index in [9.17, 15) is 4.79 Å². The van der Waals surface area contributed by atoms with Crippen molar-refractivity contribution >= 4 is 6.09 Å². The van der Waals surface area contributed by atoms with Crippen molar-refractivity contribution in [2.24, 2.45) is 0 Å². The maximum atomic E-state index is 11.9. The first-order chi connectivity index (χ1) is 8.37. The van der Waals surface area contributed by atoms with Crippen LogP contribution in [0.3, 0.4) is 0 Å². The number of carbonyl (C=O) groups is 1. The summed E-state index contributed by atoms with van der Waals surface area (Å²) in [5, 5.41) is 3.37. The lowest BCUT2D eigenvalue weighted by Crippen LogP contribution is -2.66. The fraction of sp³-hybridized carbons (Fsp3) is 0.923. The molecule has 2 heterocycles. The predicted molar refractivity (Wildman–Crippen MR) is 70.6 cm³/mol. The third-order valence-corrected chi connectivity index (χ3v) is 3.66. The van der Waals surface area contributed by atoms with Gasteiger partial charge in [0.25, 0.3) is 0 Å². The molecule has 0 bridgehead atoms. The summed E-state index contributed by atoms with van der Waals surface area (Å²) in [6.45, 7) is 12.5. The Morgan fingerprint density at radius 3 is 2.22 bits per heavy atom. The van der Waals surface area contributed by atoms with Gasteiger partial charge in [-0.05, 0) is 27.7 Å². The van der Waals surface area contributed by atoms with Crippen LogP contribution in [0.25, 0.3) is 0 Å². The summed E-state index contributed by atoms with van der Waals surface area (Å²) in [6.07, 6.45) is -0.179. The van der Waals surface area contributed by atoms with Crippen molar-refractivity contribution in [1.29, 1.82) is 0 Å². The average molecular weight is 255 g/mol. The van der Waals surface area contributed by atoms with Crippen LogP contribution in [0.4, 0.5) is 4.79 Å². The van der Waals surface area contributed by atoms with Gasteiger partial charge in [0.2, 0.25) is 0 Å². The van der Waals surface area contributed by atoms with Gasteiger partial charge in [0.05, 0.1) is 0 Å². The number of nitrogens with one attached hydrogen (secondary N) is 1. The van der Waals surface area contributed by atoms with Crippen LogP contribution < -0.4 is 5.32 Å². The summed E-state index contributed by atoms with van der Waals surface area (Å²) < 4.78 is 5.39. The standard InChI is InChI=1S/C13H25N3O2/c1-10-11(9-14-10)15-5-7-16(8-6-15)12(17)18-13(2,3)4/h10-11,14H,5-9H2,1-4H3/t10-,11-/m1/s1. The third kappa shape index (κ3) is 3.14. The Bertz CT molecular complexity index is 306. The molecule has 5 nitrogen and oxygen atoms in total. The number of carbonyl (C=O) groups excluding carboxylic acids is 1. The topological polar surface area (TPSA) is 44.8 Å². The highest BCUT2D eigenvalue weighted by atomic mass is 16.6. The maximum absolute atomic E-state index is 11.9. The number of ether oxygens (including phenoxy) is 1. The lowest BCUT2D eigenvalue weighted by Gasteiger charge is -2.47. The zero-order valence-corrected chi connectivity index (χ0v) is 11.9. The van der Waals surface area contributed by atoms with Crippen LogP contribution >= 0.6 is 0 Å². The van der Waals surface area contributed by atoms with E-state index in [4.69, 9.17) is 4.74 Å². The van der Waals surface area contributed by atoms with Crippen LogP contribution in [0.5, 0.6) is 0 Å². The average Bonchev–Trinajstić information content (AvgIpc) is 2.25. The molecule has 2 fully saturated rings. The maximum Gasteiger partial charge on any atom is 0.410 e. The van der Waals surface area contributed by atoms with E-state index in [0.717, 1.165) is 32.7 Å². The van der Waals surface area contributed by atoms with Gasteiger partial charge in [0.1, 0.15) is 5.60 Å². The van der Waals surface area contributed by atoms with E-state index in [0.29, 0.717) is 12.1 Å². The molecule has 104 valence electrons. The molecule has 0 aromatic rings. The van der Waals surface area contributed by atoms with Gasteiger partial charge in [-0.1, -0.05) is 0 Å². The van der Waals surface area contributed by atoms with Crippen molar-refractivity contribution in [1.82, 2.24) is 15.1 Å². The van der Waals surface area contributed by atoms with E-state index in [2.05, 4.69) is 17.1 Å². The molecule has 0 aromatic carbocycles. The molecule has 5 heteroatoms. The molecule has 1 N–H and O–H groups in total. The first-order valence-corrected chi connectivity index (χ1v) is 6.82. The van der Waals surface area contributed by atoms with Gasteiger partial charge in [-0.2, -0.15) is 0 Å². The molecule has 0 spiro atoms. The van der Waals surface area contributed by atoms with Gasteiger partial charge in [-0.25, -0.2) is 4.79 Å². The Balaban J connectivity index is 1.78. The Morgan fingerprint density at radius 2 is 1.83 bits per heavy atom. The molecule has 2 rings (SSSR count). The van der Waals surface area contributed by atoms with Crippen molar-refractivity contribution in [3.8, 4) is 0 Å². The molecule has 2 aliphatic heterocycles. The second-order valence-electron chi connectivity index (χ2n) is 6.27. The lowest BCUT2D eigenvalue weighted by molar-refractivity contribution is 0.00274. The molecule has 0 aliphatic carbocycles. The zero-order chi connectivity index (χ0) is 13.3. The van der Waals surface area contributed by atoms with Crippen LogP contribution in [0.2, 0.25) is 0 Å². The summed E-state index contributed by atoms with van der Waals surface area (Å²) >= 11 is 0. The smallest absolute Gasteiger partial charge is 0.410 e. The van der Waals surface area contributed by atoms with Gasteiger partial charge in [-0.3, -0.25) is 4.90 Å². The summed E-state index contributed by atoms with van der Waals surface area (Å²) in [5.41, 5.74) is -0.402. The van der Waals surface area contributed by atoms with E-state index in [-0.39, 0.29) is 6.09 Å². The number of amides is 1. The number of nitrogens with zero attached hydrogens (tertiary/aromatic N) is 2. The molecular formula is C13H25N3O2. The highest BCUT2D eigenvalue weighted by Crippen LogP contribution is 2.16. The van der Waals surface area contributed by atoms with Gasteiger partial charge in [-0.15, -0.1) is 0 Å². The molecule has 2 aliphatic rings. The van der Waals surface area contributed by atoms with Crippen molar-refractivity contribution in [3.63, 3.8) is 0 Å². The number of hydrogen-bond acceptors (Lipinski definition) is 4. The van der Waals surface area contributed by atoms with E-state index in [1.54, 1.807) is 0 Å². The lowest BCUT2D eigenvalue weighted by atomic mass is 9.99. The second kappa shape index (κ2) is 5.05. The normalized spacial score (nSPS) is 29.9. The zero-order valence-electron chi connectivity index (χ0n) is 11.9.